The van der Waals surface area contributed by atoms with Gasteiger partial charge < -0.3 is 4.57 Å². The second kappa shape index (κ2) is 8.27. The topological polar surface area (TPSA) is 22.0 Å². The van der Waals surface area contributed by atoms with E-state index in [1.54, 1.807) is 6.92 Å². The predicted octanol–water partition coefficient (Wildman–Crippen LogP) is 3.72. The molecule has 0 amide bonds. The highest BCUT2D eigenvalue weighted by Gasteiger charge is 2.07. The second-order valence-electron chi connectivity index (χ2n) is 3.22. The summed E-state index contributed by atoms with van der Waals surface area (Å²) in [5, 5.41) is 0. The normalized spacial score (nSPS) is 9.33. The van der Waals surface area contributed by atoms with Gasteiger partial charge in [-0.25, -0.2) is 0 Å². The van der Waals surface area contributed by atoms with Gasteiger partial charge in [0.1, 0.15) is 0 Å². The van der Waals surface area contributed by atoms with Crippen LogP contribution in [0.4, 0.5) is 0 Å². The Labute approximate surface area is 93.3 Å². The number of aromatic nitrogens is 1. The van der Waals surface area contributed by atoms with Crippen molar-refractivity contribution in [2.45, 2.75) is 46.6 Å². The van der Waals surface area contributed by atoms with Crippen molar-refractivity contribution in [2.24, 2.45) is 0 Å². The fourth-order valence-corrected chi connectivity index (χ4v) is 1.37. The molecule has 0 saturated heterocycles. The van der Waals surface area contributed by atoms with E-state index >= 15 is 0 Å². The molecule has 2 heteroatoms. The molecule has 0 bridgehead atoms. The molecule has 0 saturated carbocycles. The minimum atomic E-state index is 0.237. The van der Waals surface area contributed by atoms with Crippen molar-refractivity contribution in [3.8, 4) is 0 Å². The highest BCUT2D eigenvalue weighted by Crippen LogP contribution is 2.07. The van der Waals surface area contributed by atoms with Crippen LogP contribution in [0.1, 0.15) is 50.5 Å². The van der Waals surface area contributed by atoms with Crippen LogP contribution in [0.25, 0.3) is 0 Å². The summed E-state index contributed by atoms with van der Waals surface area (Å²) in [5.74, 6) is 0.237. The average Bonchev–Trinajstić information content (AvgIpc) is 2.76. The summed E-state index contributed by atoms with van der Waals surface area (Å²) >= 11 is 0. The summed E-state index contributed by atoms with van der Waals surface area (Å²) in [7, 11) is 0. The van der Waals surface area contributed by atoms with Crippen molar-refractivity contribution in [2.75, 3.05) is 0 Å². The number of carbonyl (C=O) groups is 1. The summed E-state index contributed by atoms with van der Waals surface area (Å²) in [5.41, 5.74) is 0.857. The summed E-state index contributed by atoms with van der Waals surface area (Å²) < 4.78 is 2.05. The maximum Gasteiger partial charge on any atom is 0.178 e. The van der Waals surface area contributed by atoms with Crippen LogP contribution < -0.4 is 0 Å². The minimum Gasteiger partial charge on any atom is -0.345 e. The lowest BCUT2D eigenvalue weighted by atomic mass is 10.2. The van der Waals surface area contributed by atoms with Crippen molar-refractivity contribution in [1.82, 2.24) is 4.57 Å². The number of rotatable bonds is 5. The first-order chi connectivity index (χ1) is 7.29. The molecule has 1 radical (unpaired) electrons. The van der Waals surface area contributed by atoms with Crippen LogP contribution in [0.3, 0.4) is 0 Å². The van der Waals surface area contributed by atoms with E-state index in [0.717, 1.165) is 25.1 Å². The van der Waals surface area contributed by atoms with E-state index in [4.69, 9.17) is 0 Å². The number of carbonyl (C=O) groups excluding carboxylic acids is 1. The molecule has 2 nitrogen and oxygen atoms in total. The van der Waals surface area contributed by atoms with Crippen molar-refractivity contribution in [3.63, 3.8) is 0 Å². The number of nitrogens with zero attached hydrogens (tertiary/aromatic N) is 1. The van der Waals surface area contributed by atoms with Gasteiger partial charge in [0.05, 0.1) is 5.69 Å². The van der Waals surface area contributed by atoms with Crippen molar-refractivity contribution >= 4 is 5.78 Å². The van der Waals surface area contributed by atoms with Crippen LogP contribution >= 0.6 is 0 Å². The Morgan fingerprint density at radius 2 is 2.07 bits per heavy atom. The molecule has 0 N–H and O–H groups in total. The van der Waals surface area contributed by atoms with Crippen molar-refractivity contribution in [1.29, 1.82) is 0 Å². The fourth-order valence-electron chi connectivity index (χ4n) is 1.37. The number of unbranched alkanes of at least 4 members (excludes halogenated alkanes) is 1. The molecule has 85 valence electrons. The lowest BCUT2D eigenvalue weighted by Crippen LogP contribution is -2.07. The maximum absolute atomic E-state index is 11.4. The van der Waals surface area contributed by atoms with Gasteiger partial charge in [0, 0.05) is 19.2 Å². The van der Waals surface area contributed by atoms with Gasteiger partial charge in [-0.1, -0.05) is 34.1 Å². The maximum atomic E-state index is 11.4. The molecular formula is C13H22NO. The Balaban J connectivity index is 0.000000921. The Morgan fingerprint density at radius 3 is 2.60 bits per heavy atom. The predicted molar refractivity (Wildman–Crippen MR) is 65.0 cm³/mol. The summed E-state index contributed by atoms with van der Waals surface area (Å²) in [6.45, 7) is 10.0. The number of hydrogen-bond acceptors (Lipinski definition) is 1. The van der Waals surface area contributed by atoms with Crippen LogP contribution in [0.15, 0.2) is 18.3 Å². The molecule has 1 aromatic heterocycles. The standard InChI is InChI=1S/C11H17NO.C2H5/c1-3-5-8-12-9-6-7-10(12)11(13)4-2;1-2/h6-7,9H,3-5,8H2,1-2H3;1H2,2H3. The lowest BCUT2D eigenvalue weighted by Gasteiger charge is -2.05. The molecule has 0 atom stereocenters. The smallest absolute Gasteiger partial charge is 0.178 e. The molecule has 0 spiro atoms. The number of Topliss-reactive ketones (excluding diaryl/α,β-unsaturated/α-hetero) is 1. The van der Waals surface area contributed by atoms with Crippen LogP contribution in [0, 0.1) is 6.92 Å². The third-order valence-corrected chi connectivity index (χ3v) is 2.19. The van der Waals surface area contributed by atoms with E-state index in [1.165, 1.54) is 0 Å². The average molecular weight is 208 g/mol. The molecule has 1 rings (SSSR count). The molecule has 0 aliphatic heterocycles. The molecule has 1 aromatic rings. The SMILES string of the molecule is CCCCn1cccc1C(=O)CC.[CH2]C. The molecular weight excluding hydrogens is 186 g/mol. The van der Waals surface area contributed by atoms with Crippen LogP contribution in [0.2, 0.25) is 0 Å². The van der Waals surface area contributed by atoms with Gasteiger partial charge in [0.15, 0.2) is 5.78 Å². The summed E-state index contributed by atoms with van der Waals surface area (Å²) in [6.07, 6.45) is 4.88. The summed E-state index contributed by atoms with van der Waals surface area (Å²) in [6, 6.07) is 3.85. The highest BCUT2D eigenvalue weighted by molar-refractivity contribution is 5.94. The second-order valence-corrected chi connectivity index (χ2v) is 3.22. The number of hydrogen-bond donors (Lipinski definition) is 0. The Kier molecular flexibility index (Phi) is 7.69. The molecule has 0 unspecified atom stereocenters. The van der Waals surface area contributed by atoms with E-state index in [0.29, 0.717) is 6.42 Å². The molecule has 0 fully saturated rings. The van der Waals surface area contributed by atoms with E-state index in [1.807, 2.05) is 25.3 Å². The highest BCUT2D eigenvalue weighted by atomic mass is 16.1. The number of aryl methyl sites for hydroxylation is 1. The van der Waals surface area contributed by atoms with E-state index in [9.17, 15) is 4.79 Å². The van der Waals surface area contributed by atoms with E-state index < -0.39 is 0 Å². The van der Waals surface area contributed by atoms with Crippen LogP contribution in [0.5, 0.6) is 0 Å². The largest absolute Gasteiger partial charge is 0.345 e. The first kappa shape index (κ1) is 13.9. The van der Waals surface area contributed by atoms with E-state index in [-0.39, 0.29) is 5.78 Å². The molecule has 15 heavy (non-hydrogen) atoms. The fraction of sp³-hybridized carbons (Fsp3) is 0.538. The summed E-state index contributed by atoms with van der Waals surface area (Å²) in [4.78, 5) is 11.4. The van der Waals surface area contributed by atoms with Crippen LogP contribution in [-0.4, -0.2) is 10.4 Å². The van der Waals surface area contributed by atoms with Gasteiger partial charge in [0.25, 0.3) is 0 Å². The van der Waals surface area contributed by atoms with Crippen molar-refractivity contribution in [3.05, 3.63) is 30.9 Å². The first-order valence-corrected chi connectivity index (χ1v) is 5.68. The van der Waals surface area contributed by atoms with Gasteiger partial charge >= 0.3 is 0 Å². The zero-order valence-corrected chi connectivity index (χ0v) is 10.1. The van der Waals surface area contributed by atoms with Gasteiger partial charge in [-0.05, 0) is 18.6 Å². The Bertz CT molecular complexity index is 276. The third-order valence-electron chi connectivity index (χ3n) is 2.19. The third kappa shape index (κ3) is 4.32. The van der Waals surface area contributed by atoms with Gasteiger partial charge in [-0.2, -0.15) is 0 Å². The van der Waals surface area contributed by atoms with Crippen molar-refractivity contribution < 1.29 is 4.79 Å². The van der Waals surface area contributed by atoms with Crippen LogP contribution in [-0.2, 0) is 6.54 Å². The molecule has 0 aromatic carbocycles. The van der Waals surface area contributed by atoms with Gasteiger partial charge in [-0.3, -0.25) is 4.79 Å². The Hall–Kier alpha value is -1.05. The number of ketones is 1. The monoisotopic (exact) mass is 208 g/mol. The lowest BCUT2D eigenvalue weighted by molar-refractivity contribution is 0.0979. The molecule has 1 heterocycles. The zero-order chi connectivity index (χ0) is 11.7. The first-order valence-electron chi connectivity index (χ1n) is 5.68. The minimum absolute atomic E-state index is 0.237. The quantitative estimate of drug-likeness (QED) is 0.676. The van der Waals surface area contributed by atoms with E-state index in [2.05, 4.69) is 18.4 Å². The van der Waals surface area contributed by atoms with Gasteiger partial charge in [-0.15, -0.1) is 0 Å². The zero-order valence-electron chi connectivity index (χ0n) is 10.1. The van der Waals surface area contributed by atoms with Gasteiger partial charge in [0.2, 0.25) is 0 Å². The Morgan fingerprint density at radius 1 is 1.40 bits per heavy atom. The molecule has 0 aliphatic carbocycles. The molecule has 0 aliphatic rings.